The third-order valence-electron chi connectivity index (χ3n) is 5.63. The quantitative estimate of drug-likeness (QED) is 0.323. The zero-order valence-corrected chi connectivity index (χ0v) is 17.4. The van der Waals surface area contributed by atoms with Gasteiger partial charge >= 0.3 is 0 Å². The molecular formula is C22H33N3O5. The first-order chi connectivity index (χ1) is 14.3. The molecule has 2 rings (SSSR count). The van der Waals surface area contributed by atoms with Gasteiger partial charge in [0.1, 0.15) is 11.8 Å². The van der Waals surface area contributed by atoms with Crippen molar-refractivity contribution in [2.24, 2.45) is 11.7 Å². The SMILES string of the molecule is NC(=O)[C@@H](CC(=O)N(O)CCc1ccc(O)cc1)NC(=O)CCCC1CCCCC1. The summed E-state index contributed by atoms with van der Waals surface area (Å²) in [6.45, 7) is 0.0183. The van der Waals surface area contributed by atoms with Crippen LogP contribution in [0.15, 0.2) is 24.3 Å². The number of benzene rings is 1. The minimum Gasteiger partial charge on any atom is -0.508 e. The highest BCUT2D eigenvalue weighted by atomic mass is 16.5. The summed E-state index contributed by atoms with van der Waals surface area (Å²) in [6, 6.07) is 5.27. The number of carbonyl (C=O) groups is 3. The number of primary amides is 1. The molecule has 1 aromatic rings. The summed E-state index contributed by atoms with van der Waals surface area (Å²) < 4.78 is 0. The van der Waals surface area contributed by atoms with E-state index in [1.165, 1.54) is 44.2 Å². The lowest BCUT2D eigenvalue weighted by Crippen LogP contribution is -2.47. The van der Waals surface area contributed by atoms with E-state index in [1.54, 1.807) is 12.1 Å². The zero-order chi connectivity index (χ0) is 21.9. The van der Waals surface area contributed by atoms with Crippen LogP contribution in [0.5, 0.6) is 5.75 Å². The van der Waals surface area contributed by atoms with E-state index in [4.69, 9.17) is 5.73 Å². The van der Waals surface area contributed by atoms with E-state index in [9.17, 15) is 24.7 Å². The molecular weight excluding hydrogens is 386 g/mol. The number of hydrogen-bond donors (Lipinski definition) is 4. The van der Waals surface area contributed by atoms with Crippen molar-refractivity contribution in [3.05, 3.63) is 29.8 Å². The van der Waals surface area contributed by atoms with Crippen LogP contribution in [0.3, 0.4) is 0 Å². The molecule has 0 aromatic heterocycles. The van der Waals surface area contributed by atoms with Crippen molar-refractivity contribution in [2.75, 3.05) is 6.54 Å². The molecule has 0 radical (unpaired) electrons. The van der Waals surface area contributed by atoms with Crippen LogP contribution in [0.1, 0.15) is 63.4 Å². The lowest BCUT2D eigenvalue weighted by Gasteiger charge is -2.21. The maximum atomic E-state index is 12.2. The van der Waals surface area contributed by atoms with Gasteiger partial charge in [-0.3, -0.25) is 19.6 Å². The lowest BCUT2D eigenvalue weighted by molar-refractivity contribution is -0.166. The normalized spacial score (nSPS) is 15.4. The fourth-order valence-corrected chi connectivity index (χ4v) is 3.82. The predicted molar refractivity (Wildman–Crippen MR) is 111 cm³/mol. The van der Waals surface area contributed by atoms with Crippen LogP contribution in [0.2, 0.25) is 0 Å². The van der Waals surface area contributed by atoms with Gasteiger partial charge in [-0.2, -0.15) is 0 Å². The standard InChI is InChI=1S/C22H33N3O5/c23-22(29)19(24-20(27)8-4-7-16-5-2-1-3-6-16)15-21(28)25(30)14-13-17-9-11-18(26)12-10-17/h9-12,16,19,26,30H,1-8,13-15H2,(H2,23,29)(H,24,27)/t19-/m1/s1. The van der Waals surface area contributed by atoms with Crippen LogP contribution in [0.25, 0.3) is 0 Å². The number of rotatable bonds is 11. The molecule has 8 heteroatoms. The molecule has 0 bridgehead atoms. The number of nitrogens with one attached hydrogen (secondary N) is 1. The van der Waals surface area contributed by atoms with Crippen LogP contribution in [0.4, 0.5) is 0 Å². The molecule has 1 saturated carbocycles. The Labute approximate surface area is 177 Å². The lowest BCUT2D eigenvalue weighted by atomic mass is 9.86. The Morgan fingerprint density at radius 1 is 1.13 bits per heavy atom. The molecule has 8 nitrogen and oxygen atoms in total. The van der Waals surface area contributed by atoms with E-state index in [-0.39, 0.29) is 24.6 Å². The van der Waals surface area contributed by atoms with E-state index < -0.39 is 24.3 Å². The number of phenolic OH excluding ortho intramolecular Hbond substituents is 1. The average Bonchev–Trinajstić information content (AvgIpc) is 2.73. The molecule has 30 heavy (non-hydrogen) atoms. The van der Waals surface area contributed by atoms with E-state index in [0.717, 1.165) is 18.4 Å². The highest BCUT2D eigenvalue weighted by Crippen LogP contribution is 2.27. The molecule has 0 spiro atoms. The van der Waals surface area contributed by atoms with Crippen LogP contribution in [-0.2, 0) is 20.8 Å². The highest BCUT2D eigenvalue weighted by Gasteiger charge is 2.24. The molecule has 0 saturated heterocycles. The molecule has 1 aliphatic carbocycles. The van der Waals surface area contributed by atoms with Crippen LogP contribution >= 0.6 is 0 Å². The largest absolute Gasteiger partial charge is 0.508 e. The van der Waals surface area contributed by atoms with Gasteiger partial charge in [0, 0.05) is 6.42 Å². The van der Waals surface area contributed by atoms with E-state index >= 15 is 0 Å². The van der Waals surface area contributed by atoms with Crippen molar-refractivity contribution in [1.29, 1.82) is 0 Å². The van der Waals surface area contributed by atoms with Crippen molar-refractivity contribution in [3.8, 4) is 5.75 Å². The van der Waals surface area contributed by atoms with Gasteiger partial charge in [0.15, 0.2) is 0 Å². The van der Waals surface area contributed by atoms with Crippen molar-refractivity contribution >= 4 is 17.7 Å². The molecule has 1 fully saturated rings. The average molecular weight is 420 g/mol. The first-order valence-corrected chi connectivity index (χ1v) is 10.7. The van der Waals surface area contributed by atoms with E-state index in [2.05, 4.69) is 5.32 Å². The predicted octanol–water partition coefficient (Wildman–Crippen LogP) is 2.26. The molecule has 3 amide bonds. The summed E-state index contributed by atoms with van der Waals surface area (Å²) in [5.74, 6) is -1.00. The monoisotopic (exact) mass is 419 g/mol. The third-order valence-corrected chi connectivity index (χ3v) is 5.63. The second-order valence-electron chi connectivity index (χ2n) is 8.06. The maximum absolute atomic E-state index is 12.2. The summed E-state index contributed by atoms with van der Waals surface area (Å²) in [5.41, 5.74) is 6.16. The number of nitrogens with zero attached hydrogens (tertiary/aromatic N) is 1. The minimum absolute atomic E-state index is 0.0183. The summed E-state index contributed by atoms with van der Waals surface area (Å²) >= 11 is 0. The van der Waals surface area contributed by atoms with Gasteiger partial charge < -0.3 is 16.2 Å². The Kier molecular flexibility index (Phi) is 9.60. The zero-order valence-electron chi connectivity index (χ0n) is 17.4. The number of carbonyl (C=O) groups excluding carboxylic acids is 3. The number of phenols is 1. The maximum Gasteiger partial charge on any atom is 0.248 e. The van der Waals surface area contributed by atoms with Gasteiger partial charge in [-0.15, -0.1) is 0 Å². The van der Waals surface area contributed by atoms with Crippen molar-refractivity contribution in [1.82, 2.24) is 10.4 Å². The molecule has 0 aliphatic heterocycles. The Morgan fingerprint density at radius 2 is 1.80 bits per heavy atom. The van der Waals surface area contributed by atoms with E-state index in [1.807, 2.05) is 0 Å². The molecule has 1 atom stereocenters. The van der Waals surface area contributed by atoms with Gasteiger partial charge in [0.2, 0.25) is 17.7 Å². The summed E-state index contributed by atoms with van der Waals surface area (Å²) in [4.78, 5) is 36.0. The second kappa shape index (κ2) is 12.2. The van der Waals surface area contributed by atoms with Crippen molar-refractivity contribution in [3.63, 3.8) is 0 Å². The van der Waals surface area contributed by atoms with Gasteiger partial charge in [-0.1, -0.05) is 44.2 Å². The minimum atomic E-state index is -1.15. The van der Waals surface area contributed by atoms with Crippen molar-refractivity contribution < 1.29 is 24.7 Å². The third kappa shape index (κ3) is 8.41. The molecule has 0 unspecified atom stereocenters. The van der Waals surface area contributed by atoms with E-state index in [0.29, 0.717) is 17.4 Å². The topological polar surface area (TPSA) is 133 Å². The Hall–Kier alpha value is -2.61. The first-order valence-electron chi connectivity index (χ1n) is 10.7. The number of aromatic hydroxyl groups is 1. The summed E-state index contributed by atoms with van der Waals surface area (Å²) in [6.07, 6.45) is 8.25. The van der Waals surface area contributed by atoms with Gasteiger partial charge in [-0.25, -0.2) is 5.06 Å². The number of hydroxylamine groups is 2. The Morgan fingerprint density at radius 3 is 2.43 bits per heavy atom. The smallest absolute Gasteiger partial charge is 0.248 e. The van der Waals surface area contributed by atoms with Crippen LogP contribution in [0, 0.1) is 5.92 Å². The summed E-state index contributed by atoms with van der Waals surface area (Å²) in [7, 11) is 0. The van der Waals surface area contributed by atoms with Crippen molar-refractivity contribution in [2.45, 2.75) is 70.3 Å². The molecule has 5 N–H and O–H groups in total. The fourth-order valence-electron chi connectivity index (χ4n) is 3.82. The summed E-state index contributed by atoms with van der Waals surface area (Å²) in [5, 5.41) is 22.3. The Bertz CT molecular complexity index is 701. The highest BCUT2D eigenvalue weighted by molar-refractivity contribution is 5.90. The number of nitrogens with two attached hydrogens (primary N) is 1. The van der Waals surface area contributed by atoms with Crippen LogP contribution in [-0.4, -0.2) is 45.7 Å². The Balaban J connectivity index is 1.73. The van der Waals surface area contributed by atoms with Gasteiger partial charge in [0.25, 0.3) is 0 Å². The molecule has 1 aromatic carbocycles. The van der Waals surface area contributed by atoms with Gasteiger partial charge in [-0.05, 0) is 42.9 Å². The second-order valence-corrected chi connectivity index (χ2v) is 8.06. The molecule has 166 valence electrons. The fraction of sp³-hybridized carbons (Fsp3) is 0.591. The van der Waals surface area contributed by atoms with Gasteiger partial charge in [0.05, 0.1) is 13.0 Å². The number of hydrogen-bond acceptors (Lipinski definition) is 5. The van der Waals surface area contributed by atoms with Crippen LogP contribution < -0.4 is 11.1 Å². The molecule has 0 heterocycles. The molecule has 1 aliphatic rings. The number of amides is 3. The first kappa shape index (κ1) is 23.7.